The number of tetrazole rings is 1. The molecule has 0 saturated heterocycles. The molecule has 2 aliphatic carbocycles. The summed E-state index contributed by atoms with van der Waals surface area (Å²) in [4.78, 5) is 12.5. The smallest absolute Gasteiger partial charge is 0.227 e. The standard InChI is InChI=1S/C17H22N6O/c18-13-5-1-4-12(9-13)17(24)19-14-6-2-3-11(10-14)16-20-21-22-23(16)15-7-8-15/h2-3,6,10,12-13,15H,1,4-5,7-9,18H2,(H,19,24). The van der Waals surface area contributed by atoms with Crippen molar-refractivity contribution in [1.29, 1.82) is 0 Å². The Labute approximate surface area is 140 Å². The number of aromatic nitrogens is 4. The molecule has 126 valence electrons. The molecule has 3 N–H and O–H groups in total. The zero-order chi connectivity index (χ0) is 16.5. The third-order valence-electron chi connectivity index (χ3n) is 4.86. The Bertz CT molecular complexity index is 738. The van der Waals surface area contributed by atoms with Gasteiger partial charge in [-0.2, -0.15) is 0 Å². The molecule has 7 nitrogen and oxygen atoms in total. The Morgan fingerprint density at radius 1 is 1.25 bits per heavy atom. The molecule has 1 aromatic heterocycles. The summed E-state index contributed by atoms with van der Waals surface area (Å²) in [5.74, 6) is 0.826. The van der Waals surface area contributed by atoms with Crippen LogP contribution in [0.4, 0.5) is 5.69 Å². The zero-order valence-corrected chi connectivity index (χ0v) is 13.6. The van der Waals surface area contributed by atoms with Crippen LogP contribution in [0, 0.1) is 5.92 Å². The second kappa shape index (κ2) is 6.32. The van der Waals surface area contributed by atoms with Crippen LogP contribution in [0.25, 0.3) is 11.4 Å². The van der Waals surface area contributed by atoms with E-state index < -0.39 is 0 Å². The highest BCUT2D eigenvalue weighted by molar-refractivity contribution is 5.93. The van der Waals surface area contributed by atoms with E-state index in [1.807, 2.05) is 28.9 Å². The number of carbonyl (C=O) groups is 1. The topological polar surface area (TPSA) is 98.7 Å². The minimum Gasteiger partial charge on any atom is -0.328 e. The summed E-state index contributed by atoms with van der Waals surface area (Å²) in [5, 5.41) is 15.0. The second-order valence-corrected chi connectivity index (χ2v) is 6.87. The number of anilines is 1. The van der Waals surface area contributed by atoms with Crippen molar-refractivity contribution in [2.75, 3.05) is 5.32 Å². The SMILES string of the molecule is NC1CCCC(C(=O)Nc2cccc(-c3nnnn3C3CC3)c2)C1. The van der Waals surface area contributed by atoms with Gasteiger partial charge in [-0.3, -0.25) is 4.79 Å². The van der Waals surface area contributed by atoms with Crippen LogP contribution >= 0.6 is 0 Å². The van der Waals surface area contributed by atoms with Gasteiger partial charge in [-0.05, 0) is 54.7 Å². The number of nitrogens with one attached hydrogen (secondary N) is 1. The monoisotopic (exact) mass is 326 g/mol. The quantitative estimate of drug-likeness (QED) is 0.897. The van der Waals surface area contributed by atoms with Gasteiger partial charge in [-0.15, -0.1) is 5.10 Å². The fourth-order valence-corrected chi connectivity index (χ4v) is 3.39. The molecule has 24 heavy (non-hydrogen) atoms. The van der Waals surface area contributed by atoms with Crippen LogP contribution in [0.5, 0.6) is 0 Å². The molecular formula is C17H22N6O. The molecule has 2 fully saturated rings. The molecule has 4 rings (SSSR count). The average Bonchev–Trinajstić information content (AvgIpc) is 3.32. The van der Waals surface area contributed by atoms with Crippen molar-refractivity contribution in [3.05, 3.63) is 24.3 Å². The number of carbonyl (C=O) groups excluding carboxylic acids is 1. The van der Waals surface area contributed by atoms with Crippen molar-refractivity contribution in [3.63, 3.8) is 0 Å². The summed E-state index contributed by atoms with van der Waals surface area (Å²) < 4.78 is 1.88. The molecule has 1 heterocycles. The van der Waals surface area contributed by atoms with E-state index in [2.05, 4.69) is 20.8 Å². The van der Waals surface area contributed by atoms with Gasteiger partial charge >= 0.3 is 0 Å². The second-order valence-electron chi connectivity index (χ2n) is 6.87. The molecule has 7 heteroatoms. The first-order valence-electron chi connectivity index (χ1n) is 8.65. The van der Waals surface area contributed by atoms with Crippen molar-refractivity contribution < 1.29 is 4.79 Å². The third kappa shape index (κ3) is 3.17. The molecule has 1 amide bonds. The van der Waals surface area contributed by atoms with Crippen molar-refractivity contribution in [2.24, 2.45) is 11.7 Å². The summed E-state index contributed by atoms with van der Waals surface area (Å²) in [6.07, 6.45) is 5.97. The normalized spacial score (nSPS) is 23.9. The van der Waals surface area contributed by atoms with Gasteiger partial charge in [0.15, 0.2) is 5.82 Å². The molecule has 0 aliphatic heterocycles. The fraction of sp³-hybridized carbons (Fsp3) is 0.529. The van der Waals surface area contributed by atoms with E-state index >= 15 is 0 Å². The molecule has 0 radical (unpaired) electrons. The van der Waals surface area contributed by atoms with E-state index in [4.69, 9.17) is 5.73 Å². The Hall–Kier alpha value is -2.28. The first-order chi connectivity index (χ1) is 11.7. The predicted molar refractivity (Wildman–Crippen MR) is 90.1 cm³/mol. The minimum absolute atomic E-state index is 0.00851. The van der Waals surface area contributed by atoms with Crippen molar-refractivity contribution in [3.8, 4) is 11.4 Å². The van der Waals surface area contributed by atoms with Gasteiger partial charge in [0, 0.05) is 23.2 Å². The van der Waals surface area contributed by atoms with E-state index in [-0.39, 0.29) is 17.9 Å². The van der Waals surface area contributed by atoms with Gasteiger partial charge in [0.25, 0.3) is 0 Å². The Balaban J connectivity index is 1.50. The predicted octanol–water partition coefficient (Wildman–Crippen LogP) is 2.13. The maximum Gasteiger partial charge on any atom is 0.227 e. The number of nitrogens with two attached hydrogens (primary N) is 1. The third-order valence-corrected chi connectivity index (χ3v) is 4.86. The Morgan fingerprint density at radius 3 is 2.92 bits per heavy atom. The molecule has 0 bridgehead atoms. The molecule has 2 aromatic rings. The summed E-state index contributed by atoms with van der Waals surface area (Å²) >= 11 is 0. The fourth-order valence-electron chi connectivity index (χ4n) is 3.39. The number of benzene rings is 1. The lowest BCUT2D eigenvalue weighted by atomic mass is 9.85. The molecule has 2 unspecified atom stereocenters. The largest absolute Gasteiger partial charge is 0.328 e. The van der Waals surface area contributed by atoms with Crippen molar-refractivity contribution >= 4 is 11.6 Å². The summed E-state index contributed by atoms with van der Waals surface area (Å²) in [7, 11) is 0. The van der Waals surface area contributed by atoms with E-state index in [9.17, 15) is 4.79 Å². The highest BCUT2D eigenvalue weighted by Crippen LogP contribution is 2.36. The lowest BCUT2D eigenvalue weighted by Crippen LogP contribution is -2.34. The van der Waals surface area contributed by atoms with E-state index in [0.29, 0.717) is 6.04 Å². The van der Waals surface area contributed by atoms with Crippen LogP contribution in [0.15, 0.2) is 24.3 Å². The van der Waals surface area contributed by atoms with Crippen LogP contribution in [0.2, 0.25) is 0 Å². The highest BCUT2D eigenvalue weighted by Gasteiger charge is 2.28. The molecule has 1 aromatic carbocycles. The Morgan fingerprint density at radius 2 is 2.12 bits per heavy atom. The number of hydrogen-bond acceptors (Lipinski definition) is 5. The van der Waals surface area contributed by atoms with Gasteiger partial charge in [0.05, 0.1) is 6.04 Å². The van der Waals surface area contributed by atoms with Gasteiger partial charge in [0.2, 0.25) is 5.91 Å². The summed E-state index contributed by atoms with van der Waals surface area (Å²) in [5.41, 5.74) is 7.69. The van der Waals surface area contributed by atoms with Crippen molar-refractivity contribution in [2.45, 2.75) is 50.6 Å². The zero-order valence-electron chi connectivity index (χ0n) is 13.6. The maximum absolute atomic E-state index is 12.5. The molecule has 2 aliphatic rings. The average molecular weight is 326 g/mol. The Kier molecular flexibility index (Phi) is 4.02. The first kappa shape index (κ1) is 15.3. The van der Waals surface area contributed by atoms with Crippen molar-refractivity contribution in [1.82, 2.24) is 20.2 Å². The van der Waals surface area contributed by atoms with Gasteiger partial charge in [-0.25, -0.2) is 4.68 Å². The van der Waals surface area contributed by atoms with Crippen LogP contribution in [0.1, 0.15) is 44.6 Å². The van der Waals surface area contributed by atoms with Gasteiger partial charge in [-0.1, -0.05) is 18.6 Å². The lowest BCUT2D eigenvalue weighted by Gasteiger charge is -2.25. The first-order valence-corrected chi connectivity index (χ1v) is 8.65. The summed E-state index contributed by atoms with van der Waals surface area (Å²) in [6, 6.07) is 8.28. The number of amides is 1. The van der Waals surface area contributed by atoms with E-state index in [0.717, 1.165) is 55.6 Å². The molecule has 0 spiro atoms. The van der Waals surface area contributed by atoms with Gasteiger partial charge < -0.3 is 11.1 Å². The minimum atomic E-state index is 0.00851. The molecular weight excluding hydrogens is 304 g/mol. The van der Waals surface area contributed by atoms with Gasteiger partial charge in [0.1, 0.15) is 0 Å². The van der Waals surface area contributed by atoms with Crippen LogP contribution in [-0.4, -0.2) is 32.2 Å². The number of rotatable bonds is 4. The molecule has 2 saturated carbocycles. The van der Waals surface area contributed by atoms with Crippen LogP contribution < -0.4 is 11.1 Å². The van der Waals surface area contributed by atoms with Crippen LogP contribution in [-0.2, 0) is 4.79 Å². The number of hydrogen-bond donors (Lipinski definition) is 2. The highest BCUT2D eigenvalue weighted by atomic mass is 16.1. The van der Waals surface area contributed by atoms with Crippen LogP contribution in [0.3, 0.4) is 0 Å². The molecule has 2 atom stereocenters. The summed E-state index contributed by atoms with van der Waals surface area (Å²) in [6.45, 7) is 0. The van der Waals surface area contributed by atoms with E-state index in [1.165, 1.54) is 0 Å². The van der Waals surface area contributed by atoms with E-state index in [1.54, 1.807) is 0 Å². The number of nitrogens with zero attached hydrogens (tertiary/aromatic N) is 4. The maximum atomic E-state index is 12.5. The lowest BCUT2D eigenvalue weighted by molar-refractivity contribution is -0.120.